The minimum absolute atomic E-state index is 0.0509. The van der Waals surface area contributed by atoms with Gasteiger partial charge in [-0.3, -0.25) is 14.9 Å². The molecule has 0 fully saturated rings. The van der Waals surface area contributed by atoms with Gasteiger partial charge in [0.15, 0.2) is 0 Å². The Hall–Kier alpha value is -3.87. The number of anilines is 2. The monoisotopic (exact) mass is 377 g/mol. The van der Waals surface area contributed by atoms with E-state index in [4.69, 9.17) is 4.74 Å². The summed E-state index contributed by atoms with van der Waals surface area (Å²) in [6.07, 6.45) is 0. The first-order valence-electron chi connectivity index (χ1n) is 8.57. The average Bonchev–Trinajstić information content (AvgIpc) is 2.73. The summed E-state index contributed by atoms with van der Waals surface area (Å²) in [5.41, 5.74) is 1.74. The van der Waals surface area contributed by atoms with Crippen molar-refractivity contribution < 1.29 is 14.5 Å². The van der Waals surface area contributed by atoms with Gasteiger partial charge < -0.3 is 15.4 Å². The number of nitro groups is 1. The first-order chi connectivity index (χ1) is 13.6. The van der Waals surface area contributed by atoms with Crippen LogP contribution in [0.5, 0.6) is 5.75 Å². The molecule has 3 rings (SSSR count). The minimum atomic E-state index is -0.741. The van der Waals surface area contributed by atoms with E-state index in [9.17, 15) is 14.9 Å². The zero-order chi connectivity index (χ0) is 19.9. The summed E-state index contributed by atoms with van der Waals surface area (Å²) >= 11 is 0. The van der Waals surface area contributed by atoms with E-state index >= 15 is 0 Å². The Morgan fingerprint density at radius 3 is 2.39 bits per heavy atom. The van der Waals surface area contributed by atoms with Gasteiger partial charge in [0, 0.05) is 29.6 Å². The Kier molecular flexibility index (Phi) is 5.86. The third-order valence-electron chi connectivity index (χ3n) is 4.10. The first-order valence-corrected chi connectivity index (χ1v) is 8.57. The number of methoxy groups -OCH3 is 1. The first kappa shape index (κ1) is 18.9. The molecule has 0 aromatic heterocycles. The predicted molar refractivity (Wildman–Crippen MR) is 108 cm³/mol. The molecule has 3 aromatic carbocycles. The van der Waals surface area contributed by atoms with Gasteiger partial charge in [0.05, 0.1) is 12.0 Å². The number of carbonyl (C=O) groups excluding carboxylic acids is 1. The maximum Gasteiger partial charge on any atom is 0.271 e. The molecular formula is C21H19N3O4. The van der Waals surface area contributed by atoms with Gasteiger partial charge in [-0.2, -0.15) is 0 Å². The standard InChI is InChI=1S/C21H19N3O4/c1-28-19-12-6-10-17(14-19)23-21(25)20(15-7-3-2-4-8-15)22-16-9-5-11-18(13-16)24(26)27/h2-14,20,22H,1H3,(H,23,25). The Balaban J connectivity index is 1.88. The molecule has 0 spiro atoms. The van der Waals surface area contributed by atoms with Gasteiger partial charge in [0.2, 0.25) is 0 Å². The van der Waals surface area contributed by atoms with E-state index in [0.717, 1.165) is 5.56 Å². The Bertz CT molecular complexity index is 976. The van der Waals surface area contributed by atoms with Crippen LogP contribution >= 0.6 is 0 Å². The van der Waals surface area contributed by atoms with Crippen LogP contribution in [0.3, 0.4) is 0 Å². The molecule has 0 heterocycles. The van der Waals surface area contributed by atoms with Gasteiger partial charge >= 0.3 is 0 Å². The summed E-state index contributed by atoms with van der Waals surface area (Å²) < 4.78 is 5.18. The third kappa shape index (κ3) is 4.64. The maximum absolute atomic E-state index is 13.0. The SMILES string of the molecule is COc1cccc(NC(=O)C(Nc2cccc([N+](=O)[O-])c2)c2ccccc2)c1. The van der Waals surface area contributed by atoms with Gasteiger partial charge in [-0.1, -0.05) is 42.5 Å². The van der Waals surface area contributed by atoms with Gasteiger partial charge in [-0.05, 0) is 23.8 Å². The quantitative estimate of drug-likeness (QED) is 0.470. The fraction of sp³-hybridized carbons (Fsp3) is 0.0952. The summed E-state index contributed by atoms with van der Waals surface area (Å²) in [5.74, 6) is 0.326. The lowest BCUT2D eigenvalue weighted by Gasteiger charge is -2.20. The lowest BCUT2D eigenvalue weighted by Crippen LogP contribution is -2.27. The highest BCUT2D eigenvalue weighted by atomic mass is 16.6. The van der Waals surface area contributed by atoms with E-state index in [-0.39, 0.29) is 11.6 Å². The fourth-order valence-corrected chi connectivity index (χ4v) is 2.74. The second-order valence-electron chi connectivity index (χ2n) is 6.02. The average molecular weight is 377 g/mol. The number of rotatable bonds is 7. The molecule has 3 aromatic rings. The smallest absolute Gasteiger partial charge is 0.271 e. The summed E-state index contributed by atoms with van der Waals surface area (Å²) in [4.78, 5) is 23.5. The van der Waals surface area contributed by atoms with Gasteiger partial charge in [-0.25, -0.2) is 0 Å². The van der Waals surface area contributed by atoms with Gasteiger partial charge in [0.1, 0.15) is 11.8 Å². The molecule has 0 radical (unpaired) electrons. The van der Waals surface area contributed by atoms with Crippen LogP contribution in [0.25, 0.3) is 0 Å². The Morgan fingerprint density at radius 1 is 0.964 bits per heavy atom. The van der Waals surface area contributed by atoms with Crippen molar-refractivity contribution in [3.05, 3.63) is 94.5 Å². The molecule has 0 aliphatic carbocycles. The van der Waals surface area contributed by atoms with E-state index in [0.29, 0.717) is 17.1 Å². The van der Waals surface area contributed by atoms with Crippen LogP contribution in [0.2, 0.25) is 0 Å². The number of benzene rings is 3. The van der Waals surface area contributed by atoms with Crippen LogP contribution in [0.15, 0.2) is 78.9 Å². The van der Waals surface area contributed by atoms with Crippen molar-refractivity contribution in [3.8, 4) is 5.75 Å². The molecule has 0 bridgehead atoms. The van der Waals surface area contributed by atoms with Crippen LogP contribution in [-0.2, 0) is 4.79 Å². The van der Waals surface area contributed by atoms with E-state index in [1.807, 2.05) is 30.3 Å². The second kappa shape index (κ2) is 8.68. The number of carbonyl (C=O) groups is 1. The number of amides is 1. The molecule has 1 atom stereocenters. The number of nitrogens with zero attached hydrogens (tertiary/aromatic N) is 1. The molecule has 28 heavy (non-hydrogen) atoms. The van der Waals surface area contributed by atoms with Crippen molar-refractivity contribution in [2.24, 2.45) is 0 Å². The van der Waals surface area contributed by atoms with E-state index in [2.05, 4.69) is 10.6 Å². The lowest BCUT2D eigenvalue weighted by atomic mass is 10.1. The molecule has 2 N–H and O–H groups in total. The molecule has 142 valence electrons. The molecule has 0 saturated carbocycles. The maximum atomic E-state index is 13.0. The summed E-state index contributed by atoms with van der Waals surface area (Å²) in [6.45, 7) is 0. The van der Waals surface area contributed by atoms with E-state index in [1.54, 1.807) is 43.5 Å². The van der Waals surface area contributed by atoms with Crippen LogP contribution in [0, 0.1) is 10.1 Å². The van der Waals surface area contributed by atoms with Crippen LogP contribution in [0.1, 0.15) is 11.6 Å². The van der Waals surface area contributed by atoms with Gasteiger partial charge in [0.25, 0.3) is 11.6 Å². The van der Waals surface area contributed by atoms with Crippen molar-refractivity contribution in [2.75, 3.05) is 17.7 Å². The van der Waals surface area contributed by atoms with Crippen molar-refractivity contribution in [1.82, 2.24) is 0 Å². The molecule has 0 saturated heterocycles. The summed E-state index contributed by atoms with van der Waals surface area (Å²) in [6, 6.07) is 21.5. The highest BCUT2D eigenvalue weighted by Gasteiger charge is 2.21. The van der Waals surface area contributed by atoms with Crippen LogP contribution in [0.4, 0.5) is 17.1 Å². The van der Waals surface area contributed by atoms with Crippen molar-refractivity contribution in [2.45, 2.75) is 6.04 Å². The second-order valence-corrected chi connectivity index (χ2v) is 6.02. The number of hydrogen-bond donors (Lipinski definition) is 2. The topological polar surface area (TPSA) is 93.5 Å². The number of nitrogens with one attached hydrogen (secondary N) is 2. The van der Waals surface area contributed by atoms with Crippen molar-refractivity contribution >= 4 is 23.0 Å². The number of non-ortho nitro benzene ring substituents is 1. The zero-order valence-electron chi connectivity index (χ0n) is 15.2. The van der Waals surface area contributed by atoms with Crippen molar-refractivity contribution in [3.63, 3.8) is 0 Å². The zero-order valence-corrected chi connectivity index (χ0v) is 15.2. The van der Waals surface area contributed by atoms with Crippen LogP contribution < -0.4 is 15.4 Å². The summed E-state index contributed by atoms with van der Waals surface area (Å²) in [5, 5.41) is 17.0. The normalized spacial score (nSPS) is 11.3. The minimum Gasteiger partial charge on any atom is -0.497 e. The molecule has 7 nitrogen and oxygen atoms in total. The highest BCUT2D eigenvalue weighted by Crippen LogP contribution is 2.25. The molecule has 1 amide bonds. The molecular weight excluding hydrogens is 358 g/mol. The number of ether oxygens (including phenoxy) is 1. The van der Waals surface area contributed by atoms with E-state index < -0.39 is 11.0 Å². The largest absolute Gasteiger partial charge is 0.497 e. The molecule has 1 unspecified atom stereocenters. The highest BCUT2D eigenvalue weighted by molar-refractivity contribution is 5.97. The van der Waals surface area contributed by atoms with E-state index in [1.165, 1.54) is 12.1 Å². The van der Waals surface area contributed by atoms with Crippen LogP contribution in [-0.4, -0.2) is 17.9 Å². The predicted octanol–water partition coefficient (Wildman–Crippen LogP) is 4.40. The molecule has 0 aliphatic rings. The van der Waals surface area contributed by atoms with Gasteiger partial charge in [-0.15, -0.1) is 0 Å². The third-order valence-corrected chi connectivity index (χ3v) is 4.10. The Labute approximate surface area is 162 Å². The number of hydrogen-bond acceptors (Lipinski definition) is 5. The molecule has 0 aliphatic heterocycles. The lowest BCUT2D eigenvalue weighted by molar-refractivity contribution is -0.384. The molecule has 7 heteroatoms. The number of nitro benzene ring substituents is 1. The Morgan fingerprint density at radius 2 is 1.68 bits per heavy atom. The fourth-order valence-electron chi connectivity index (χ4n) is 2.74. The summed E-state index contributed by atoms with van der Waals surface area (Å²) in [7, 11) is 1.55. The van der Waals surface area contributed by atoms with Crippen molar-refractivity contribution in [1.29, 1.82) is 0 Å².